The maximum atomic E-state index is 12.8. The van der Waals surface area contributed by atoms with Crippen LogP contribution in [-0.2, 0) is 16.6 Å². The molecule has 0 aliphatic rings. The van der Waals surface area contributed by atoms with E-state index in [4.69, 9.17) is 0 Å². The Morgan fingerprint density at radius 1 is 0.906 bits per heavy atom. The molecule has 7 nitrogen and oxygen atoms in total. The van der Waals surface area contributed by atoms with E-state index in [0.717, 1.165) is 5.69 Å². The molecule has 1 aromatic heterocycles. The molecule has 32 heavy (non-hydrogen) atoms. The summed E-state index contributed by atoms with van der Waals surface area (Å²) in [6.07, 6.45) is 1.53. The maximum Gasteiger partial charge on any atom is 0.261 e. The minimum atomic E-state index is -3.74. The molecule has 1 amide bonds. The van der Waals surface area contributed by atoms with E-state index in [0.29, 0.717) is 22.5 Å². The zero-order valence-corrected chi connectivity index (χ0v) is 18.2. The van der Waals surface area contributed by atoms with Crippen LogP contribution in [-0.4, -0.2) is 24.1 Å². The zero-order chi connectivity index (χ0) is 22.6. The Hall–Kier alpha value is -3.91. The molecule has 0 aliphatic carbocycles. The lowest BCUT2D eigenvalue weighted by atomic mass is 10.1. The van der Waals surface area contributed by atoms with Crippen LogP contribution in [0, 0.1) is 6.92 Å². The lowest BCUT2D eigenvalue weighted by Crippen LogP contribution is -2.24. The van der Waals surface area contributed by atoms with Crippen molar-refractivity contribution in [1.29, 1.82) is 0 Å². The van der Waals surface area contributed by atoms with Gasteiger partial charge in [0.2, 0.25) is 0 Å². The molecule has 0 bridgehead atoms. The number of para-hydroxylation sites is 2. The molecule has 0 aliphatic heterocycles. The van der Waals surface area contributed by atoms with Gasteiger partial charge >= 0.3 is 0 Å². The molecule has 0 unspecified atom stereocenters. The number of nitrogens with one attached hydrogen (secondary N) is 2. The molecule has 3 aromatic carbocycles. The fourth-order valence-corrected chi connectivity index (χ4v) is 4.43. The zero-order valence-electron chi connectivity index (χ0n) is 17.4. The fraction of sp³-hybridized carbons (Fsp3) is 0.0833. The molecule has 0 spiro atoms. The Bertz CT molecular complexity index is 1330. The first-order valence-corrected chi connectivity index (χ1v) is 11.5. The normalized spacial score (nSPS) is 11.2. The van der Waals surface area contributed by atoms with Gasteiger partial charge in [-0.3, -0.25) is 9.52 Å². The van der Waals surface area contributed by atoms with Gasteiger partial charge in [0.15, 0.2) is 0 Å². The molecule has 1 heterocycles. The van der Waals surface area contributed by atoms with E-state index in [-0.39, 0.29) is 17.3 Å². The summed E-state index contributed by atoms with van der Waals surface area (Å²) >= 11 is 0. The molecule has 2 N–H and O–H groups in total. The maximum absolute atomic E-state index is 12.8. The summed E-state index contributed by atoms with van der Waals surface area (Å²) in [4.78, 5) is 13.0. The van der Waals surface area contributed by atoms with Crippen LogP contribution in [0.3, 0.4) is 0 Å². The lowest BCUT2D eigenvalue weighted by molar-refractivity contribution is 0.0950. The third-order valence-electron chi connectivity index (χ3n) is 5.01. The van der Waals surface area contributed by atoms with Crippen LogP contribution in [0.4, 0.5) is 5.69 Å². The van der Waals surface area contributed by atoms with E-state index < -0.39 is 10.0 Å². The highest BCUT2D eigenvalue weighted by atomic mass is 32.2. The van der Waals surface area contributed by atoms with Crippen LogP contribution in [0.1, 0.15) is 21.6 Å². The average molecular weight is 447 g/mol. The number of aromatic nitrogens is 2. The molecule has 0 saturated carbocycles. The molecule has 0 saturated heterocycles. The van der Waals surface area contributed by atoms with Gasteiger partial charge in [-0.1, -0.05) is 54.6 Å². The highest BCUT2D eigenvalue weighted by Gasteiger charge is 2.18. The van der Waals surface area contributed by atoms with Gasteiger partial charge in [-0.05, 0) is 42.8 Å². The topological polar surface area (TPSA) is 93.1 Å². The molecular formula is C24H22N4O3S. The second-order valence-corrected chi connectivity index (χ2v) is 8.83. The van der Waals surface area contributed by atoms with Crippen molar-refractivity contribution in [2.24, 2.45) is 0 Å². The summed E-state index contributed by atoms with van der Waals surface area (Å²) in [7, 11) is -3.74. The lowest BCUT2D eigenvalue weighted by Gasteiger charge is -2.13. The van der Waals surface area contributed by atoms with Crippen molar-refractivity contribution >= 4 is 21.6 Å². The molecule has 0 fully saturated rings. The summed E-state index contributed by atoms with van der Waals surface area (Å²) in [5, 5.41) is 7.19. The minimum absolute atomic E-state index is 0.155. The van der Waals surface area contributed by atoms with Crippen molar-refractivity contribution < 1.29 is 13.2 Å². The summed E-state index contributed by atoms with van der Waals surface area (Å²) in [5.41, 5.74) is 3.09. The predicted octanol–water partition coefficient (Wildman–Crippen LogP) is 3.91. The highest BCUT2D eigenvalue weighted by Crippen LogP contribution is 2.20. The predicted molar refractivity (Wildman–Crippen MR) is 123 cm³/mol. The Morgan fingerprint density at radius 3 is 2.25 bits per heavy atom. The molecular weight excluding hydrogens is 424 g/mol. The van der Waals surface area contributed by atoms with Crippen molar-refractivity contribution in [2.45, 2.75) is 18.4 Å². The van der Waals surface area contributed by atoms with Crippen LogP contribution in [0.2, 0.25) is 0 Å². The van der Waals surface area contributed by atoms with E-state index >= 15 is 0 Å². The molecule has 0 radical (unpaired) electrons. The van der Waals surface area contributed by atoms with Gasteiger partial charge in [-0.2, -0.15) is 5.10 Å². The highest BCUT2D eigenvalue weighted by molar-refractivity contribution is 7.92. The SMILES string of the molecule is Cc1c(C(=O)NCc2ccccc2NS(=O)(=O)c2ccccc2)cnn1-c1ccccc1. The van der Waals surface area contributed by atoms with Gasteiger partial charge in [0, 0.05) is 6.54 Å². The Balaban J connectivity index is 1.50. The van der Waals surface area contributed by atoms with E-state index in [1.54, 1.807) is 47.1 Å². The number of rotatable bonds is 7. The number of anilines is 1. The van der Waals surface area contributed by atoms with E-state index in [1.807, 2.05) is 37.3 Å². The summed E-state index contributed by atoms with van der Waals surface area (Å²) < 4.78 is 29.7. The largest absolute Gasteiger partial charge is 0.348 e. The molecule has 4 rings (SSSR count). The summed E-state index contributed by atoms with van der Waals surface area (Å²) in [6.45, 7) is 1.99. The van der Waals surface area contributed by atoms with Crippen molar-refractivity contribution in [3.63, 3.8) is 0 Å². The fourth-order valence-electron chi connectivity index (χ4n) is 3.31. The van der Waals surface area contributed by atoms with Crippen LogP contribution in [0.5, 0.6) is 0 Å². The Kier molecular flexibility index (Phi) is 6.04. The third-order valence-corrected chi connectivity index (χ3v) is 6.39. The van der Waals surface area contributed by atoms with Crippen LogP contribution in [0.25, 0.3) is 5.69 Å². The monoisotopic (exact) mass is 446 g/mol. The first-order valence-electron chi connectivity index (χ1n) is 10.00. The van der Waals surface area contributed by atoms with Gasteiger partial charge in [0.1, 0.15) is 0 Å². The Labute approximate surface area is 186 Å². The van der Waals surface area contributed by atoms with Gasteiger partial charge in [0.25, 0.3) is 15.9 Å². The number of amides is 1. The second kappa shape index (κ2) is 9.07. The molecule has 8 heteroatoms. The number of sulfonamides is 1. The quantitative estimate of drug-likeness (QED) is 0.450. The standard InChI is InChI=1S/C24H22N4O3S/c1-18-22(17-26-28(18)20-11-4-2-5-12-20)24(29)25-16-19-10-8-9-15-23(19)27-32(30,31)21-13-6-3-7-14-21/h2-15,17,27H,16H2,1H3,(H,25,29). The van der Waals surface area contributed by atoms with Crippen LogP contribution in [0.15, 0.2) is 96.0 Å². The number of hydrogen-bond donors (Lipinski definition) is 2. The number of benzene rings is 3. The summed E-state index contributed by atoms with van der Waals surface area (Å²) in [6, 6.07) is 24.7. The van der Waals surface area contributed by atoms with Gasteiger partial charge < -0.3 is 5.32 Å². The smallest absolute Gasteiger partial charge is 0.261 e. The van der Waals surface area contributed by atoms with Crippen molar-refractivity contribution in [2.75, 3.05) is 4.72 Å². The van der Waals surface area contributed by atoms with Crippen LogP contribution >= 0.6 is 0 Å². The number of carbonyl (C=O) groups excluding carboxylic acids is 1. The van der Waals surface area contributed by atoms with Crippen molar-refractivity contribution in [3.05, 3.63) is 108 Å². The number of hydrogen-bond acceptors (Lipinski definition) is 4. The number of nitrogens with zero attached hydrogens (tertiary/aromatic N) is 2. The van der Waals surface area contributed by atoms with Crippen LogP contribution < -0.4 is 10.0 Å². The number of carbonyl (C=O) groups is 1. The van der Waals surface area contributed by atoms with Gasteiger partial charge in [-0.25, -0.2) is 13.1 Å². The Morgan fingerprint density at radius 2 is 1.53 bits per heavy atom. The van der Waals surface area contributed by atoms with E-state index in [1.165, 1.54) is 18.3 Å². The van der Waals surface area contributed by atoms with Crippen molar-refractivity contribution in [3.8, 4) is 5.69 Å². The minimum Gasteiger partial charge on any atom is -0.348 e. The molecule has 0 atom stereocenters. The van der Waals surface area contributed by atoms with E-state index in [2.05, 4.69) is 15.1 Å². The van der Waals surface area contributed by atoms with Gasteiger partial charge in [0.05, 0.1) is 33.7 Å². The van der Waals surface area contributed by atoms with E-state index in [9.17, 15) is 13.2 Å². The first-order chi connectivity index (χ1) is 15.5. The summed E-state index contributed by atoms with van der Waals surface area (Å²) in [5.74, 6) is -0.287. The molecule has 162 valence electrons. The second-order valence-electron chi connectivity index (χ2n) is 7.15. The molecule has 4 aromatic rings. The first kappa shape index (κ1) is 21.3. The van der Waals surface area contributed by atoms with Gasteiger partial charge in [-0.15, -0.1) is 0 Å². The average Bonchev–Trinajstić information content (AvgIpc) is 3.20. The third kappa shape index (κ3) is 4.55. The van der Waals surface area contributed by atoms with Crippen molar-refractivity contribution in [1.82, 2.24) is 15.1 Å².